The van der Waals surface area contributed by atoms with Crippen molar-refractivity contribution >= 4 is 11.6 Å². The second kappa shape index (κ2) is 6.13. The summed E-state index contributed by atoms with van der Waals surface area (Å²) >= 11 is 5.87. The lowest BCUT2D eigenvalue weighted by atomic mass is 10.2. The fourth-order valence-electron chi connectivity index (χ4n) is 2.72. The molecule has 0 aliphatic carbocycles. The van der Waals surface area contributed by atoms with Gasteiger partial charge in [-0.2, -0.15) is 5.10 Å². The SMILES string of the molecule is OC[C@@H]1C[C@H](F)CN1Cc1cnn(-c2ccc(Cl)cc2)c1. The number of hydrogen-bond acceptors (Lipinski definition) is 3. The van der Waals surface area contributed by atoms with E-state index in [1.807, 2.05) is 35.4 Å². The summed E-state index contributed by atoms with van der Waals surface area (Å²) in [6, 6.07) is 7.31. The van der Waals surface area contributed by atoms with E-state index in [1.54, 1.807) is 10.9 Å². The van der Waals surface area contributed by atoms with Crippen molar-refractivity contribution in [3.05, 3.63) is 47.2 Å². The number of benzene rings is 1. The van der Waals surface area contributed by atoms with Gasteiger partial charge in [0.25, 0.3) is 0 Å². The molecule has 6 heteroatoms. The summed E-state index contributed by atoms with van der Waals surface area (Å²) in [5, 5.41) is 14.3. The molecular weight excluding hydrogens is 293 g/mol. The first-order valence-electron chi connectivity index (χ1n) is 6.94. The van der Waals surface area contributed by atoms with Crippen molar-refractivity contribution in [2.75, 3.05) is 13.2 Å². The van der Waals surface area contributed by atoms with Crippen LogP contribution in [0.5, 0.6) is 0 Å². The molecule has 0 amide bonds. The average molecular weight is 310 g/mol. The highest BCUT2D eigenvalue weighted by atomic mass is 35.5. The minimum absolute atomic E-state index is 0.00819. The van der Waals surface area contributed by atoms with Gasteiger partial charge < -0.3 is 5.11 Å². The van der Waals surface area contributed by atoms with Gasteiger partial charge in [0.1, 0.15) is 6.17 Å². The summed E-state index contributed by atoms with van der Waals surface area (Å²) in [6.07, 6.45) is 3.24. The van der Waals surface area contributed by atoms with E-state index in [0.717, 1.165) is 11.3 Å². The van der Waals surface area contributed by atoms with E-state index in [2.05, 4.69) is 5.10 Å². The highest BCUT2D eigenvalue weighted by Crippen LogP contribution is 2.22. The summed E-state index contributed by atoms with van der Waals surface area (Å²) in [5.41, 5.74) is 1.92. The molecule has 1 aromatic heterocycles. The third-order valence-electron chi connectivity index (χ3n) is 3.80. The van der Waals surface area contributed by atoms with E-state index in [1.165, 1.54) is 0 Å². The number of aromatic nitrogens is 2. The van der Waals surface area contributed by atoms with E-state index in [-0.39, 0.29) is 12.6 Å². The van der Waals surface area contributed by atoms with Gasteiger partial charge in [-0.1, -0.05) is 11.6 Å². The molecule has 3 rings (SSSR count). The maximum absolute atomic E-state index is 13.4. The molecule has 4 nitrogen and oxygen atoms in total. The third-order valence-corrected chi connectivity index (χ3v) is 4.05. The Morgan fingerprint density at radius 2 is 2.10 bits per heavy atom. The standard InChI is InChI=1S/C15H17ClFN3O/c16-12-1-3-14(4-2-12)20-8-11(6-18-20)7-19-9-13(17)5-15(19)10-21/h1-4,6,8,13,15,21H,5,7,9-10H2/t13-,15-/m0/s1. The van der Waals surface area contributed by atoms with E-state index in [0.29, 0.717) is 24.5 Å². The van der Waals surface area contributed by atoms with Crippen LogP contribution in [0, 0.1) is 0 Å². The molecule has 2 atom stereocenters. The monoisotopic (exact) mass is 309 g/mol. The third kappa shape index (κ3) is 3.26. The van der Waals surface area contributed by atoms with E-state index < -0.39 is 6.17 Å². The zero-order valence-electron chi connectivity index (χ0n) is 11.5. The maximum Gasteiger partial charge on any atom is 0.114 e. The maximum atomic E-state index is 13.4. The van der Waals surface area contributed by atoms with Crippen molar-refractivity contribution in [3.63, 3.8) is 0 Å². The Bertz CT molecular complexity index is 601. The first-order chi connectivity index (χ1) is 10.2. The number of aliphatic hydroxyl groups is 1. The van der Waals surface area contributed by atoms with Gasteiger partial charge in [-0.25, -0.2) is 9.07 Å². The van der Waals surface area contributed by atoms with Crippen molar-refractivity contribution in [2.45, 2.75) is 25.2 Å². The molecule has 2 aromatic rings. The Labute approximate surface area is 127 Å². The molecule has 1 aromatic carbocycles. The first kappa shape index (κ1) is 14.5. The van der Waals surface area contributed by atoms with Crippen LogP contribution in [0.1, 0.15) is 12.0 Å². The van der Waals surface area contributed by atoms with Crippen molar-refractivity contribution in [2.24, 2.45) is 0 Å². The molecule has 0 unspecified atom stereocenters. The molecule has 1 aliphatic rings. The topological polar surface area (TPSA) is 41.3 Å². The lowest BCUT2D eigenvalue weighted by molar-refractivity contribution is 0.153. The zero-order chi connectivity index (χ0) is 14.8. The van der Waals surface area contributed by atoms with Crippen LogP contribution in [0.4, 0.5) is 4.39 Å². The predicted molar refractivity (Wildman–Crippen MR) is 79.4 cm³/mol. The van der Waals surface area contributed by atoms with Crippen molar-refractivity contribution in [3.8, 4) is 5.69 Å². The molecular formula is C15H17ClFN3O. The fourth-order valence-corrected chi connectivity index (χ4v) is 2.84. The molecule has 1 N–H and O–H groups in total. The first-order valence-corrected chi connectivity index (χ1v) is 7.32. The largest absolute Gasteiger partial charge is 0.395 e. The molecule has 0 bridgehead atoms. The van der Waals surface area contributed by atoms with Crippen LogP contribution in [-0.4, -0.2) is 45.2 Å². The Balaban J connectivity index is 1.72. The Kier molecular flexibility index (Phi) is 4.24. The summed E-state index contributed by atoms with van der Waals surface area (Å²) in [6.45, 7) is 0.961. The van der Waals surface area contributed by atoms with Gasteiger partial charge in [0, 0.05) is 35.9 Å². The number of hydrogen-bond donors (Lipinski definition) is 1. The van der Waals surface area contributed by atoms with Gasteiger partial charge in [0.05, 0.1) is 18.5 Å². The zero-order valence-corrected chi connectivity index (χ0v) is 12.2. The summed E-state index contributed by atoms with van der Waals surface area (Å²) in [5.74, 6) is 0. The van der Waals surface area contributed by atoms with Crippen LogP contribution >= 0.6 is 11.6 Å². The highest BCUT2D eigenvalue weighted by molar-refractivity contribution is 6.30. The van der Waals surface area contributed by atoms with E-state index in [4.69, 9.17) is 11.6 Å². The number of aliphatic hydroxyl groups excluding tert-OH is 1. The van der Waals surface area contributed by atoms with Crippen LogP contribution in [-0.2, 0) is 6.54 Å². The van der Waals surface area contributed by atoms with Crippen molar-refractivity contribution in [1.82, 2.24) is 14.7 Å². The molecule has 112 valence electrons. The lowest BCUT2D eigenvalue weighted by Crippen LogP contribution is -2.31. The minimum Gasteiger partial charge on any atom is -0.395 e. The Morgan fingerprint density at radius 3 is 2.81 bits per heavy atom. The minimum atomic E-state index is -0.853. The van der Waals surface area contributed by atoms with E-state index >= 15 is 0 Å². The molecule has 2 heterocycles. The molecule has 0 spiro atoms. The van der Waals surface area contributed by atoms with Gasteiger partial charge in [-0.3, -0.25) is 4.90 Å². The van der Waals surface area contributed by atoms with Crippen molar-refractivity contribution < 1.29 is 9.50 Å². The summed E-state index contributed by atoms with van der Waals surface area (Å²) < 4.78 is 15.2. The van der Waals surface area contributed by atoms with Gasteiger partial charge in [-0.05, 0) is 30.7 Å². The van der Waals surface area contributed by atoms with Crippen LogP contribution in [0.15, 0.2) is 36.7 Å². The van der Waals surface area contributed by atoms with E-state index in [9.17, 15) is 9.50 Å². The van der Waals surface area contributed by atoms with Crippen LogP contribution in [0.2, 0.25) is 5.02 Å². The Morgan fingerprint density at radius 1 is 1.33 bits per heavy atom. The summed E-state index contributed by atoms with van der Waals surface area (Å²) in [7, 11) is 0. The van der Waals surface area contributed by atoms with Crippen LogP contribution in [0.25, 0.3) is 5.69 Å². The molecule has 1 fully saturated rings. The quantitative estimate of drug-likeness (QED) is 0.943. The number of rotatable bonds is 4. The number of nitrogens with zero attached hydrogens (tertiary/aromatic N) is 3. The second-order valence-corrected chi connectivity index (χ2v) is 5.80. The van der Waals surface area contributed by atoms with Gasteiger partial charge in [-0.15, -0.1) is 0 Å². The average Bonchev–Trinajstić information content (AvgIpc) is 3.07. The molecule has 0 radical (unpaired) electrons. The number of likely N-dealkylation sites (tertiary alicyclic amines) is 1. The smallest absolute Gasteiger partial charge is 0.114 e. The number of alkyl halides is 1. The lowest BCUT2D eigenvalue weighted by Gasteiger charge is -2.21. The summed E-state index contributed by atoms with van der Waals surface area (Å²) in [4.78, 5) is 1.97. The molecule has 1 aliphatic heterocycles. The number of halogens is 2. The molecule has 21 heavy (non-hydrogen) atoms. The van der Waals surface area contributed by atoms with Crippen LogP contribution < -0.4 is 0 Å². The molecule has 1 saturated heterocycles. The molecule has 0 saturated carbocycles. The van der Waals surface area contributed by atoms with Gasteiger partial charge in [0.15, 0.2) is 0 Å². The van der Waals surface area contributed by atoms with Gasteiger partial charge >= 0.3 is 0 Å². The normalized spacial score (nSPS) is 22.8. The van der Waals surface area contributed by atoms with Crippen molar-refractivity contribution in [1.29, 1.82) is 0 Å². The van der Waals surface area contributed by atoms with Gasteiger partial charge in [0.2, 0.25) is 0 Å². The van der Waals surface area contributed by atoms with Crippen LogP contribution in [0.3, 0.4) is 0 Å². The second-order valence-electron chi connectivity index (χ2n) is 5.37. The Hall–Kier alpha value is -1.43. The predicted octanol–water partition coefficient (Wildman–Crippen LogP) is 2.43. The fraction of sp³-hybridized carbons (Fsp3) is 0.400. The highest BCUT2D eigenvalue weighted by Gasteiger charge is 2.31.